The minimum absolute atomic E-state index is 0.0895. The maximum Gasteiger partial charge on any atom is 0.226 e. The van der Waals surface area contributed by atoms with Crippen LogP contribution in [0.5, 0.6) is 0 Å². The van der Waals surface area contributed by atoms with Crippen molar-refractivity contribution in [2.75, 3.05) is 13.1 Å². The number of hydrogen-bond acceptors (Lipinski definition) is 2. The lowest BCUT2D eigenvalue weighted by atomic mass is 9.92. The Kier molecular flexibility index (Phi) is 5.51. The zero-order valence-corrected chi connectivity index (χ0v) is 12.3. The van der Waals surface area contributed by atoms with Crippen molar-refractivity contribution in [1.29, 1.82) is 0 Å². The minimum Gasteiger partial charge on any atom is -0.393 e. The molecule has 1 amide bonds. The van der Waals surface area contributed by atoms with Crippen molar-refractivity contribution in [1.82, 2.24) is 4.90 Å². The molecule has 1 fully saturated rings. The van der Waals surface area contributed by atoms with Crippen molar-refractivity contribution in [3.05, 3.63) is 41.7 Å². The van der Waals surface area contributed by atoms with Crippen molar-refractivity contribution in [3.63, 3.8) is 0 Å². The van der Waals surface area contributed by atoms with E-state index in [1.54, 1.807) is 24.3 Å². The van der Waals surface area contributed by atoms with Crippen LogP contribution >= 0.6 is 0 Å². The van der Waals surface area contributed by atoms with E-state index in [0.717, 1.165) is 18.4 Å². The fourth-order valence-corrected chi connectivity index (χ4v) is 2.67. The summed E-state index contributed by atoms with van der Waals surface area (Å²) in [7, 11) is 0. The van der Waals surface area contributed by atoms with Crippen LogP contribution in [0.25, 0.3) is 6.08 Å². The molecule has 1 aliphatic rings. The van der Waals surface area contributed by atoms with Crippen molar-refractivity contribution in [2.24, 2.45) is 5.92 Å². The van der Waals surface area contributed by atoms with Gasteiger partial charge in [-0.3, -0.25) is 4.79 Å². The Bertz CT molecular complexity index is 505. The summed E-state index contributed by atoms with van der Waals surface area (Å²) < 4.78 is 13.0. The standard InChI is InChI=1S/C17H22FNO2/c1-13(20)15-8-10-19(11-9-15)17(21)7-3-5-14-4-2-6-16(18)12-14/h2-6,12-13,15,20H,7-11H2,1H3. The van der Waals surface area contributed by atoms with Gasteiger partial charge >= 0.3 is 0 Å². The van der Waals surface area contributed by atoms with Crippen molar-refractivity contribution in [2.45, 2.75) is 32.3 Å². The number of halogens is 1. The van der Waals surface area contributed by atoms with Gasteiger partial charge in [0.25, 0.3) is 0 Å². The lowest BCUT2D eigenvalue weighted by Gasteiger charge is -2.33. The first-order valence-corrected chi connectivity index (χ1v) is 7.44. The Balaban J connectivity index is 1.80. The average molecular weight is 291 g/mol. The molecule has 0 aliphatic carbocycles. The zero-order valence-electron chi connectivity index (χ0n) is 12.3. The number of benzene rings is 1. The third-order valence-corrected chi connectivity index (χ3v) is 4.03. The molecular formula is C17H22FNO2. The minimum atomic E-state index is -0.296. The van der Waals surface area contributed by atoms with Crippen LogP contribution in [-0.2, 0) is 4.79 Å². The van der Waals surface area contributed by atoms with Crippen molar-refractivity contribution in [3.8, 4) is 0 Å². The number of aliphatic hydroxyl groups excluding tert-OH is 1. The fourth-order valence-electron chi connectivity index (χ4n) is 2.67. The van der Waals surface area contributed by atoms with E-state index in [9.17, 15) is 14.3 Å². The first-order chi connectivity index (χ1) is 10.1. The normalized spacial score (nSPS) is 18.1. The van der Waals surface area contributed by atoms with Gasteiger partial charge in [0.1, 0.15) is 5.82 Å². The molecule has 1 N–H and O–H groups in total. The molecule has 3 nitrogen and oxygen atoms in total. The first kappa shape index (κ1) is 15.7. The van der Waals surface area contributed by atoms with Crippen molar-refractivity contribution < 1.29 is 14.3 Å². The molecule has 0 saturated carbocycles. The molecule has 2 rings (SSSR count). The monoisotopic (exact) mass is 291 g/mol. The summed E-state index contributed by atoms with van der Waals surface area (Å²) in [5, 5.41) is 9.55. The predicted molar refractivity (Wildman–Crippen MR) is 81.0 cm³/mol. The molecule has 114 valence electrons. The van der Waals surface area contributed by atoms with Crippen LogP contribution in [0.2, 0.25) is 0 Å². The van der Waals surface area contributed by atoms with Crippen LogP contribution in [-0.4, -0.2) is 35.1 Å². The van der Waals surface area contributed by atoms with Gasteiger partial charge in [-0.2, -0.15) is 0 Å². The maximum atomic E-state index is 13.0. The van der Waals surface area contributed by atoms with Crippen LogP contribution in [0.3, 0.4) is 0 Å². The van der Waals surface area contributed by atoms with Gasteiger partial charge in [-0.1, -0.05) is 24.3 Å². The van der Waals surface area contributed by atoms with Gasteiger partial charge in [0.15, 0.2) is 0 Å². The highest BCUT2D eigenvalue weighted by molar-refractivity contribution is 5.78. The summed E-state index contributed by atoms with van der Waals surface area (Å²) in [4.78, 5) is 13.9. The summed E-state index contributed by atoms with van der Waals surface area (Å²) in [6, 6.07) is 6.29. The van der Waals surface area contributed by atoms with Gasteiger partial charge in [-0.05, 0) is 43.4 Å². The molecule has 21 heavy (non-hydrogen) atoms. The molecule has 1 saturated heterocycles. The lowest BCUT2D eigenvalue weighted by molar-refractivity contribution is -0.132. The second-order valence-corrected chi connectivity index (χ2v) is 5.62. The highest BCUT2D eigenvalue weighted by Crippen LogP contribution is 2.21. The topological polar surface area (TPSA) is 40.5 Å². The van der Waals surface area contributed by atoms with Gasteiger partial charge in [0, 0.05) is 19.5 Å². The molecule has 1 unspecified atom stereocenters. The average Bonchev–Trinajstić information content (AvgIpc) is 2.47. The Labute approximate surface area is 125 Å². The molecule has 4 heteroatoms. The Morgan fingerprint density at radius 3 is 2.81 bits per heavy atom. The Hall–Kier alpha value is -1.68. The number of carbonyl (C=O) groups is 1. The number of carbonyl (C=O) groups excluding carboxylic acids is 1. The van der Waals surface area contributed by atoms with E-state index in [1.807, 2.05) is 11.8 Å². The number of likely N-dealkylation sites (tertiary alicyclic amines) is 1. The number of rotatable bonds is 4. The van der Waals surface area contributed by atoms with Crippen LogP contribution in [0.15, 0.2) is 30.3 Å². The molecule has 1 atom stereocenters. The van der Waals surface area contributed by atoms with Crippen LogP contribution in [0.1, 0.15) is 31.7 Å². The third-order valence-electron chi connectivity index (χ3n) is 4.03. The summed E-state index contributed by atoms with van der Waals surface area (Å²) in [6.45, 7) is 3.23. The number of amides is 1. The van der Waals surface area contributed by atoms with Gasteiger partial charge in [-0.25, -0.2) is 4.39 Å². The zero-order chi connectivity index (χ0) is 15.2. The summed E-state index contributed by atoms with van der Waals surface area (Å²) in [5.74, 6) is 0.118. The number of nitrogens with zero attached hydrogens (tertiary/aromatic N) is 1. The van der Waals surface area contributed by atoms with Crippen LogP contribution in [0.4, 0.5) is 4.39 Å². The summed E-state index contributed by atoms with van der Waals surface area (Å²) >= 11 is 0. The quantitative estimate of drug-likeness (QED) is 0.926. The van der Waals surface area contributed by atoms with E-state index in [-0.39, 0.29) is 17.8 Å². The Morgan fingerprint density at radius 2 is 2.19 bits per heavy atom. The number of hydrogen-bond donors (Lipinski definition) is 1. The number of piperidine rings is 1. The smallest absolute Gasteiger partial charge is 0.226 e. The van der Waals surface area contributed by atoms with Gasteiger partial charge in [0.05, 0.1) is 6.10 Å². The van der Waals surface area contributed by atoms with E-state index >= 15 is 0 Å². The summed E-state index contributed by atoms with van der Waals surface area (Å²) in [5.41, 5.74) is 0.760. The molecule has 0 spiro atoms. The third kappa shape index (κ3) is 4.67. The second-order valence-electron chi connectivity index (χ2n) is 5.62. The van der Waals surface area contributed by atoms with E-state index < -0.39 is 0 Å². The fraction of sp³-hybridized carbons (Fsp3) is 0.471. The van der Waals surface area contributed by atoms with E-state index in [4.69, 9.17) is 0 Å². The lowest BCUT2D eigenvalue weighted by Crippen LogP contribution is -2.40. The second kappa shape index (κ2) is 7.36. The number of aliphatic hydroxyl groups is 1. The van der Waals surface area contributed by atoms with E-state index in [2.05, 4.69) is 0 Å². The molecule has 1 aromatic carbocycles. The van der Waals surface area contributed by atoms with E-state index in [1.165, 1.54) is 12.1 Å². The van der Waals surface area contributed by atoms with Gasteiger partial charge in [-0.15, -0.1) is 0 Å². The van der Waals surface area contributed by atoms with Crippen LogP contribution < -0.4 is 0 Å². The van der Waals surface area contributed by atoms with Gasteiger partial charge < -0.3 is 10.0 Å². The molecule has 1 aromatic rings. The van der Waals surface area contributed by atoms with Gasteiger partial charge in [0.2, 0.25) is 5.91 Å². The molecule has 0 bridgehead atoms. The molecule has 0 radical (unpaired) electrons. The molecular weight excluding hydrogens is 269 g/mol. The molecule has 1 heterocycles. The molecule has 0 aromatic heterocycles. The molecule has 1 aliphatic heterocycles. The SMILES string of the molecule is CC(O)C1CCN(C(=O)CC=Cc2cccc(F)c2)CC1. The Morgan fingerprint density at radius 1 is 1.48 bits per heavy atom. The van der Waals surface area contributed by atoms with E-state index in [0.29, 0.717) is 25.4 Å². The van der Waals surface area contributed by atoms with Crippen LogP contribution in [0, 0.1) is 11.7 Å². The first-order valence-electron chi connectivity index (χ1n) is 7.44. The summed E-state index contributed by atoms with van der Waals surface area (Å²) in [6.07, 6.45) is 5.29. The maximum absolute atomic E-state index is 13.0. The largest absolute Gasteiger partial charge is 0.393 e. The van der Waals surface area contributed by atoms with Crippen molar-refractivity contribution >= 4 is 12.0 Å². The highest BCUT2D eigenvalue weighted by Gasteiger charge is 2.24. The highest BCUT2D eigenvalue weighted by atomic mass is 19.1. The predicted octanol–water partition coefficient (Wildman–Crippen LogP) is 2.85.